The van der Waals surface area contributed by atoms with E-state index in [-0.39, 0.29) is 6.42 Å². The highest BCUT2D eigenvalue weighted by Crippen LogP contribution is 2.22. The second kappa shape index (κ2) is 3.63. The quantitative estimate of drug-likeness (QED) is 0.840. The lowest BCUT2D eigenvalue weighted by Gasteiger charge is -1.88. The fraction of sp³-hybridized carbons (Fsp3) is 0.111. The van der Waals surface area contributed by atoms with Gasteiger partial charge in [-0.15, -0.1) is 11.3 Å². The molecule has 0 fully saturated rings. The zero-order valence-corrected chi connectivity index (χ0v) is 7.95. The number of carbonyl (C=O) groups is 1. The Labute approximate surface area is 83.8 Å². The van der Waals surface area contributed by atoms with Gasteiger partial charge in [-0.25, -0.2) is 4.98 Å². The van der Waals surface area contributed by atoms with Crippen LogP contribution in [-0.4, -0.2) is 16.1 Å². The predicted octanol–water partition coefficient (Wildman–Crippen LogP) is 2.03. The minimum absolute atomic E-state index is 0.0363. The highest BCUT2D eigenvalue weighted by Gasteiger charge is 2.08. The first-order valence-corrected chi connectivity index (χ1v) is 4.84. The van der Waals surface area contributed by atoms with E-state index >= 15 is 0 Å². The van der Waals surface area contributed by atoms with Crippen LogP contribution in [0, 0.1) is 0 Å². The number of rotatable bonds is 3. The molecule has 0 radical (unpaired) electrons. The molecular weight excluding hydrogens is 202 g/mol. The average Bonchev–Trinajstić information content (AvgIpc) is 2.69. The summed E-state index contributed by atoms with van der Waals surface area (Å²) in [5.74, 6) is -0.205. The number of aromatic nitrogens is 1. The third-order valence-corrected chi connectivity index (χ3v) is 2.48. The van der Waals surface area contributed by atoms with Crippen LogP contribution >= 0.6 is 11.3 Å². The number of aliphatic carboxylic acids is 1. The zero-order chi connectivity index (χ0) is 9.97. The molecular formula is C9H7NO3S. The van der Waals surface area contributed by atoms with Crippen molar-refractivity contribution in [2.75, 3.05) is 0 Å². The maximum Gasteiger partial charge on any atom is 0.310 e. The van der Waals surface area contributed by atoms with Crippen molar-refractivity contribution >= 4 is 17.3 Å². The first-order valence-electron chi connectivity index (χ1n) is 3.96. The van der Waals surface area contributed by atoms with E-state index in [9.17, 15) is 4.79 Å². The van der Waals surface area contributed by atoms with Gasteiger partial charge in [-0.1, -0.05) is 0 Å². The lowest BCUT2D eigenvalue weighted by atomic mass is 10.3. The highest BCUT2D eigenvalue weighted by atomic mass is 32.1. The Morgan fingerprint density at radius 3 is 3.14 bits per heavy atom. The van der Waals surface area contributed by atoms with Gasteiger partial charge < -0.3 is 9.52 Å². The van der Waals surface area contributed by atoms with Crippen LogP contribution in [0.1, 0.15) is 5.01 Å². The molecule has 2 aromatic rings. The van der Waals surface area contributed by atoms with Crippen molar-refractivity contribution in [1.82, 2.24) is 4.98 Å². The first-order chi connectivity index (χ1) is 6.75. The topological polar surface area (TPSA) is 63.3 Å². The molecule has 0 saturated heterocycles. The van der Waals surface area contributed by atoms with Crippen LogP contribution in [0.3, 0.4) is 0 Å². The minimum atomic E-state index is -0.870. The summed E-state index contributed by atoms with van der Waals surface area (Å²) >= 11 is 1.32. The molecule has 0 aliphatic heterocycles. The number of furan rings is 1. The van der Waals surface area contributed by atoms with Gasteiger partial charge in [0.25, 0.3) is 0 Å². The van der Waals surface area contributed by atoms with Gasteiger partial charge in [0.05, 0.1) is 12.7 Å². The van der Waals surface area contributed by atoms with E-state index in [0.717, 1.165) is 0 Å². The molecule has 0 spiro atoms. The van der Waals surface area contributed by atoms with Crippen LogP contribution in [0.15, 0.2) is 28.2 Å². The Morgan fingerprint density at radius 2 is 2.50 bits per heavy atom. The third-order valence-electron chi connectivity index (χ3n) is 1.63. The molecule has 2 rings (SSSR count). The molecule has 0 aliphatic rings. The molecule has 72 valence electrons. The average molecular weight is 209 g/mol. The Bertz CT molecular complexity index is 433. The second-order valence-corrected chi connectivity index (χ2v) is 3.62. The second-order valence-electron chi connectivity index (χ2n) is 2.67. The summed E-state index contributed by atoms with van der Waals surface area (Å²) in [6.07, 6.45) is 1.52. The molecule has 0 saturated carbocycles. The van der Waals surface area contributed by atoms with Crippen molar-refractivity contribution in [3.8, 4) is 11.5 Å². The van der Waals surface area contributed by atoms with Crippen molar-refractivity contribution in [3.63, 3.8) is 0 Å². The van der Waals surface area contributed by atoms with Gasteiger partial charge >= 0.3 is 5.97 Å². The van der Waals surface area contributed by atoms with Crippen molar-refractivity contribution in [3.05, 3.63) is 28.8 Å². The van der Waals surface area contributed by atoms with Gasteiger partial charge in [-0.2, -0.15) is 0 Å². The van der Waals surface area contributed by atoms with Crippen molar-refractivity contribution in [2.24, 2.45) is 0 Å². The third kappa shape index (κ3) is 1.82. The monoisotopic (exact) mass is 209 g/mol. The fourth-order valence-electron chi connectivity index (χ4n) is 1.06. The van der Waals surface area contributed by atoms with Crippen LogP contribution in [0.25, 0.3) is 11.5 Å². The molecule has 0 bridgehead atoms. The number of carboxylic acid groups (broad SMARTS) is 1. The van der Waals surface area contributed by atoms with Crippen molar-refractivity contribution in [2.45, 2.75) is 6.42 Å². The lowest BCUT2D eigenvalue weighted by Crippen LogP contribution is -1.98. The molecule has 5 heteroatoms. The van der Waals surface area contributed by atoms with E-state index in [1.165, 1.54) is 11.3 Å². The summed E-state index contributed by atoms with van der Waals surface area (Å²) in [5, 5.41) is 10.9. The van der Waals surface area contributed by atoms with Gasteiger partial charge in [0.1, 0.15) is 10.7 Å². The Morgan fingerprint density at radius 1 is 1.64 bits per heavy atom. The molecule has 14 heavy (non-hydrogen) atoms. The van der Waals surface area contributed by atoms with Gasteiger partial charge in [-0.05, 0) is 12.1 Å². The SMILES string of the molecule is O=C(O)Cc1nc(-c2ccco2)cs1. The molecule has 0 amide bonds. The van der Waals surface area contributed by atoms with Crippen LogP contribution in [-0.2, 0) is 11.2 Å². The van der Waals surface area contributed by atoms with Gasteiger partial charge in [0, 0.05) is 5.38 Å². The molecule has 0 aromatic carbocycles. The molecule has 1 N–H and O–H groups in total. The van der Waals surface area contributed by atoms with Gasteiger partial charge in [0.2, 0.25) is 0 Å². The number of nitrogens with zero attached hydrogens (tertiary/aromatic N) is 1. The van der Waals surface area contributed by atoms with E-state index in [1.54, 1.807) is 23.8 Å². The maximum absolute atomic E-state index is 10.4. The van der Waals surface area contributed by atoms with Crippen LogP contribution in [0.4, 0.5) is 0 Å². The largest absolute Gasteiger partial charge is 0.481 e. The summed E-state index contributed by atoms with van der Waals surface area (Å²) < 4.78 is 5.13. The number of thiazole rings is 1. The molecule has 4 nitrogen and oxygen atoms in total. The number of hydrogen-bond donors (Lipinski definition) is 1. The standard InChI is InChI=1S/C9H7NO3S/c11-9(12)4-8-10-6(5-14-8)7-2-1-3-13-7/h1-3,5H,4H2,(H,11,12). The van der Waals surface area contributed by atoms with Crippen molar-refractivity contribution in [1.29, 1.82) is 0 Å². The Hall–Kier alpha value is -1.62. The van der Waals surface area contributed by atoms with E-state index in [2.05, 4.69) is 4.98 Å². The van der Waals surface area contributed by atoms with E-state index in [0.29, 0.717) is 16.5 Å². The Balaban J connectivity index is 2.22. The number of hydrogen-bond acceptors (Lipinski definition) is 4. The van der Waals surface area contributed by atoms with Crippen LogP contribution in [0.5, 0.6) is 0 Å². The predicted molar refractivity (Wildman–Crippen MR) is 51.2 cm³/mol. The first kappa shape index (κ1) is 8.96. The smallest absolute Gasteiger partial charge is 0.310 e. The van der Waals surface area contributed by atoms with Crippen LogP contribution in [0.2, 0.25) is 0 Å². The van der Waals surface area contributed by atoms with Gasteiger partial charge in [-0.3, -0.25) is 4.79 Å². The minimum Gasteiger partial charge on any atom is -0.481 e. The van der Waals surface area contributed by atoms with Crippen LogP contribution < -0.4 is 0 Å². The summed E-state index contributed by atoms with van der Waals surface area (Å²) in [6, 6.07) is 3.56. The molecule has 0 aliphatic carbocycles. The van der Waals surface area contributed by atoms with E-state index in [4.69, 9.17) is 9.52 Å². The highest BCUT2D eigenvalue weighted by molar-refractivity contribution is 7.10. The summed E-state index contributed by atoms with van der Waals surface area (Å²) in [5.41, 5.74) is 0.691. The molecule has 0 unspecified atom stereocenters. The molecule has 0 atom stereocenters. The zero-order valence-electron chi connectivity index (χ0n) is 7.14. The molecule has 2 heterocycles. The Kier molecular flexibility index (Phi) is 2.32. The fourth-order valence-corrected chi connectivity index (χ4v) is 1.83. The normalized spacial score (nSPS) is 10.3. The molecule has 2 aromatic heterocycles. The lowest BCUT2D eigenvalue weighted by molar-refractivity contribution is -0.136. The maximum atomic E-state index is 10.4. The van der Waals surface area contributed by atoms with E-state index in [1.807, 2.05) is 0 Å². The van der Waals surface area contributed by atoms with Crippen molar-refractivity contribution < 1.29 is 14.3 Å². The summed E-state index contributed by atoms with van der Waals surface area (Å²) in [4.78, 5) is 14.5. The summed E-state index contributed by atoms with van der Waals surface area (Å²) in [7, 11) is 0. The van der Waals surface area contributed by atoms with Gasteiger partial charge in [0.15, 0.2) is 5.76 Å². The number of carboxylic acids is 1. The van der Waals surface area contributed by atoms with E-state index < -0.39 is 5.97 Å². The summed E-state index contributed by atoms with van der Waals surface area (Å²) in [6.45, 7) is 0.